The Bertz CT molecular complexity index is 1990. The monoisotopic (exact) mass is 1120 g/mol. The first-order valence-corrected chi connectivity index (χ1v) is 28.4. The molecule has 0 aromatic carbocycles. The highest BCUT2D eigenvalue weighted by Crippen LogP contribution is 2.39. The number of carbonyl (C=O) groups excluding carboxylic acids is 2. The summed E-state index contributed by atoms with van der Waals surface area (Å²) < 4.78 is 24.7. The molecular formula is C58H97N5O16. The summed E-state index contributed by atoms with van der Waals surface area (Å²) in [7, 11) is 1.94. The first-order valence-electron chi connectivity index (χ1n) is 28.4. The van der Waals surface area contributed by atoms with E-state index in [1.54, 1.807) is 56.1 Å². The van der Waals surface area contributed by atoms with Crippen LogP contribution >= 0.6 is 0 Å². The number of cyclic esters (lactones) is 1. The van der Waals surface area contributed by atoms with Gasteiger partial charge in [-0.2, -0.15) is 0 Å². The maximum Gasteiger partial charge on any atom is 0.308 e. The van der Waals surface area contributed by atoms with Gasteiger partial charge in [0.25, 0.3) is 0 Å². The minimum Gasteiger partial charge on any atom is -0.462 e. The molecule has 1 amide bonds. The van der Waals surface area contributed by atoms with Crippen molar-refractivity contribution in [3.05, 3.63) is 85.1 Å². The highest BCUT2D eigenvalue weighted by molar-refractivity contribution is 5.80. The molecule has 0 spiro atoms. The van der Waals surface area contributed by atoms with Crippen molar-refractivity contribution in [3.63, 3.8) is 0 Å². The molecule has 0 aromatic heterocycles. The van der Waals surface area contributed by atoms with Crippen LogP contribution in [0.15, 0.2) is 85.1 Å². The molecular weight excluding hydrogens is 1020 g/mol. The predicted octanol–water partition coefficient (Wildman–Crippen LogP) is 0.442. The van der Waals surface area contributed by atoms with Crippen molar-refractivity contribution in [2.75, 3.05) is 59.4 Å². The van der Waals surface area contributed by atoms with Gasteiger partial charge in [-0.1, -0.05) is 98.9 Å². The minimum atomic E-state index is -2.27. The summed E-state index contributed by atoms with van der Waals surface area (Å²) in [6.07, 6.45) is 6.68. The molecule has 450 valence electrons. The molecule has 4 aliphatic rings. The number of carbonyl (C=O) groups is 2. The number of hydrogen-bond acceptors (Lipinski definition) is 20. The highest BCUT2D eigenvalue weighted by atomic mass is 16.7. The number of aliphatic hydroxyl groups excluding tert-OH is 9. The summed E-state index contributed by atoms with van der Waals surface area (Å²) >= 11 is 0. The van der Waals surface area contributed by atoms with Gasteiger partial charge in [0, 0.05) is 63.7 Å². The Labute approximate surface area is 467 Å². The number of nitrogens with two attached hydrogens (primary N) is 2. The second kappa shape index (κ2) is 34.8. The number of fused-ring (bicyclic) bond motifs is 2. The third-order valence-corrected chi connectivity index (χ3v) is 15.5. The van der Waals surface area contributed by atoms with Crippen molar-refractivity contribution in [2.24, 2.45) is 29.2 Å². The molecule has 0 radical (unpaired) electrons. The molecule has 14 N–H and O–H groups in total. The third kappa shape index (κ3) is 22.6. The Hall–Kier alpha value is -3.56. The molecule has 21 nitrogen and oxygen atoms in total. The molecule has 21 heteroatoms. The van der Waals surface area contributed by atoms with E-state index in [0.29, 0.717) is 65.2 Å². The molecule has 19 atom stereocenters. The second-order valence-corrected chi connectivity index (χ2v) is 22.1. The number of allylic oxidation sites excluding steroid dienone is 12. The van der Waals surface area contributed by atoms with Gasteiger partial charge in [0.1, 0.15) is 12.2 Å². The molecule has 3 fully saturated rings. The second-order valence-electron chi connectivity index (χ2n) is 22.1. The highest BCUT2D eigenvalue weighted by Gasteiger charge is 2.52. The molecule has 3 saturated heterocycles. The fraction of sp³-hybridized carbons (Fsp3) is 0.724. The summed E-state index contributed by atoms with van der Waals surface area (Å²) in [5.74, 6) is -5.36. The average Bonchev–Trinajstić information content (AvgIpc) is 3.39. The molecule has 0 aromatic rings. The molecule has 79 heavy (non-hydrogen) atoms. The van der Waals surface area contributed by atoms with E-state index >= 15 is 0 Å². The molecule has 4 heterocycles. The lowest BCUT2D eigenvalue weighted by Crippen LogP contribution is -2.64. The van der Waals surface area contributed by atoms with Gasteiger partial charge in [-0.15, -0.1) is 0 Å². The van der Waals surface area contributed by atoms with Gasteiger partial charge in [0.15, 0.2) is 12.1 Å². The number of rotatable bonds is 10. The summed E-state index contributed by atoms with van der Waals surface area (Å²) in [5.41, 5.74) is 11.8. The Morgan fingerprint density at radius 3 is 1.82 bits per heavy atom. The lowest BCUT2D eigenvalue weighted by atomic mass is 9.81. The van der Waals surface area contributed by atoms with Crippen LogP contribution in [-0.2, 0) is 28.5 Å². The number of piperazine rings is 1. The van der Waals surface area contributed by atoms with E-state index in [-0.39, 0.29) is 31.6 Å². The van der Waals surface area contributed by atoms with Gasteiger partial charge in [-0.3, -0.25) is 14.5 Å². The maximum absolute atomic E-state index is 14.5. The molecule has 0 saturated carbocycles. The number of ether oxygens (including phenoxy) is 4. The van der Waals surface area contributed by atoms with Crippen LogP contribution in [0.25, 0.3) is 0 Å². The largest absolute Gasteiger partial charge is 0.462 e. The smallest absolute Gasteiger partial charge is 0.308 e. The SMILES string of the molecule is C[C@@H]1[C@H](O)[C@@H](C)C=CC=CC=CC=CC=CC=CC=C[C@H](O[C@@H]2O[C@H](C)[C@@H](O)[C@H](N(CCCN)CCCN)[C@@H]2O)CC2O[C@](O)(C[C@@H](O)C[C@@H](O)[C@H](O)CC[C@@H](O)C[C@@H](O)CC(=O)O[C@H]1C)C[C@H](O)[C@H]2C(=O)N1CCN(C)CC1. The zero-order chi connectivity index (χ0) is 58.2. The van der Waals surface area contributed by atoms with Crippen LogP contribution < -0.4 is 11.5 Å². The minimum absolute atomic E-state index is 0.0916. The lowest BCUT2D eigenvalue weighted by Gasteiger charge is -2.48. The van der Waals surface area contributed by atoms with E-state index in [1.165, 1.54) is 0 Å². The molecule has 4 aliphatic heterocycles. The van der Waals surface area contributed by atoms with Crippen molar-refractivity contribution < 1.29 is 79.6 Å². The predicted molar refractivity (Wildman–Crippen MR) is 298 cm³/mol. The van der Waals surface area contributed by atoms with E-state index in [1.807, 2.05) is 73.6 Å². The average molecular weight is 1120 g/mol. The van der Waals surface area contributed by atoms with Crippen molar-refractivity contribution in [3.8, 4) is 0 Å². The summed E-state index contributed by atoms with van der Waals surface area (Å²) in [4.78, 5) is 32.9. The third-order valence-electron chi connectivity index (χ3n) is 15.5. The molecule has 2 bridgehead atoms. The maximum atomic E-state index is 14.5. The van der Waals surface area contributed by atoms with E-state index < -0.39 is 147 Å². The first kappa shape index (κ1) is 67.9. The Kier molecular flexibility index (Phi) is 29.9. The van der Waals surface area contributed by atoms with E-state index in [4.69, 9.17) is 30.4 Å². The summed E-state index contributed by atoms with van der Waals surface area (Å²) in [5, 5.41) is 113. The van der Waals surface area contributed by atoms with Crippen LogP contribution in [0.2, 0.25) is 0 Å². The first-order chi connectivity index (χ1) is 37.6. The summed E-state index contributed by atoms with van der Waals surface area (Å²) in [6.45, 7) is 10.5. The van der Waals surface area contributed by atoms with Gasteiger partial charge in [-0.25, -0.2) is 0 Å². The van der Waals surface area contributed by atoms with Crippen LogP contribution in [0.1, 0.15) is 91.9 Å². The normalized spacial score (nSPS) is 38.3. The number of esters is 1. The van der Waals surface area contributed by atoms with Gasteiger partial charge in [0.2, 0.25) is 5.91 Å². The Morgan fingerprint density at radius 2 is 1.24 bits per heavy atom. The van der Waals surface area contributed by atoms with Gasteiger partial charge in [-0.05, 0) is 79.2 Å². The quantitative estimate of drug-likeness (QED) is 0.132. The molecule has 0 aliphatic carbocycles. The number of hydrogen-bond donors (Lipinski definition) is 12. The van der Waals surface area contributed by atoms with E-state index in [9.17, 15) is 60.7 Å². The summed E-state index contributed by atoms with van der Waals surface area (Å²) in [6, 6.07) is -0.840. The fourth-order valence-corrected chi connectivity index (χ4v) is 10.6. The van der Waals surface area contributed by atoms with Gasteiger partial charge in [0.05, 0.1) is 85.5 Å². The van der Waals surface area contributed by atoms with E-state index in [0.717, 1.165) is 0 Å². The van der Waals surface area contributed by atoms with Crippen molar-refractivity contribution >= 4 is 11.9 Å². The standard InChI is InChI=1S/C58H97N5O16/c1-38-20-16-14-12-10-8-6-7-9-11-13-15-17-21-45(78-57-55(73)52(54(72)41(4)77-57)62(26-18-24-59)27-19-25-60)35-49-51(56(74)63-30-28-61(5)29-31-63)48(69)37-58(75,79-49)36-44(66)33-47(68)46(67)23-22-42(64)32-43(65)34-50(70)76-40(3)39(2)53(38)71/h6-17,20-21,38-49,51-55,57,64-69,71-73,75H,18-19,22-37,59-60H2,1-5H3/t38-,39-,40-,41+,42+,43+,44-,45-,46+,47+,48-,49?,51+,52-,53+,54+,55-,57-,58+/m0/s1. The van der Waals surface area contributed by atoms with Crippen LogP contribution in [-0.4, -0.2) is 235 Å². The fourth-order valence-electron chi connectivity index (χ4n) is 10.6. The van der Waals surface area contributed by atoms with Crippen LogP contribution in [0.4, 0.5) is 0 Å². The number of nitrogens with zero attached hydrogens (tertiary/aromatic N) is 3. The number of amides is 1. The van der Waals surface area contributed by atoms with Gasteiger partial charge < -0.3 is 91.3 Å². The van der Waals surface area contributed by atoms with Crippen molar-refractivity contribution in [1.29, 1.82) is 0 Å². The lowest BCUT2D eigenvalue weighted by molar-refractivity contribution is -0.311. The number of likely N-dealkylation sites (N-methyl/N-ethyl adjacent to an activating group) is 1. The van der Waals surface area contributed by atoms with Crippen molar-refractivity contribution in [2.45, 2.75) is 189 Å². The van der Waals surface area contributed by atoms with Crippen molar-refractivity contribution in [1.82, 2.24) is 14.7 Å². The topological polar surface area (TPSA) is 335 Å². The Balaban J connectivity index is 1.68. The van der Waals surface area contributed by atoms with Crippen LogP contribution in [0, 0.1) is 17.8 Å². The zero-order valence-electron chi connectivity index (χ0n) is 47.1. The molecule has 1 unspecified atom stereocenters. The zero-order valence-corrected chi connectivity index (χ0v) is 47.1. The van der Waals surface area contributed by atoms with Crippen LogP contribution in [0.5, 0.6) is 0 Å². The Morgan fingerprint density at radius 1 is 0.671 bits per heavy atom. The van der Waals surface area contributed by atoms with Crippen LogP contribution in [0.3, 0.4) is 0 Å². The number of aliphatic hydroxyl groups is 10. The van der Waals surface area contributed by atoms with E-state index in [2.05, 4.69) is 4.90 Å². The van der Waals surface area contributed by atoms with Gasteiger partial charge >= 0.3 is 5.97 Å². The molecule has 4 rings (SSSR count).